The summed E-state index contributed by atoms with van der Waals surface area (Å²) in [4.78, 5) is 38.1. The van der Waals surface area contributed by atoms with Crippen molar-refractivity contribution in [2.24, 2.45) is 0 Å². The lowest BCUT2D eigenvalue weighted by Gasteiger charge is -2.18. The molecule has 0 aliphatic carbocycles. The van der Waals surface area contributed by atoms with Gasteiger partial charge in [-0.3, -0.25) is 14.4 Å². The Hall–Kier alpha value is -4.19. The number of hydrogen-bond acceptors (Lipinski definition) is 6. The molecule has 0 aromatic rings. The molecule has 0 saturated heterocycles. The van der Waals surface area contributed by atoms with Crippen LogP contribution in [-0.4, -0.2) is 37.2 Å². The van der Waals surface area contributed by atoms with Crippen molar-refractivity contribution in [3.05, 3.63) is 122 Å². The minimum atomic E-state index is -0.825. The molecule has 1 unspecified atom stereocenters. The lowest BCUT2D eigenvalue weighted by molar-refractivity contribution is -0.167. The fourth-order valence-corrected chi connectivity index (χ4v) is 7.28. The molecule has 0 saturated carbocycles. The van der Waals surface area contributed by atoms with Crippen LogP contribution in [0.1, 0.15) is 239 Å². The average Bonchev–Trinajstić information content (AvgIpc) is 3.35. The Bertz CT molecular complexity index is 1470. The topological polar surface area (TPSA) is 78.9 Å². The van der Waals surface area contributed by atoms with E-state index in [2.05, 4.69) is 118 Å². The summed E-state index contributed by atoms with van der Waals surface area (Å²) >= 11 is 0. The summed E-state index contributed by atoms with van der Waals surface area (Å²) in [6.07, 6.45) is 77.5. The number of carbonyl (C=O) groups is 3. The second kappa shape index (κ2) is 56.4. The summed E-state index contributed by atoms with van der Waals surface area (Å²) in [5, 5.41) is 0. The molecule has 0 radical (unpaired) electrons. The Labute approximate surface area is 424 Å². The molecule has 0 bridgehead atoms. The van der Waals surface area contributed by atoms with Crippen LogP contribution in [-0.2, 0) is 28.6 Å². The van der Waals surface area contributed by atoms with Gasteiger partial charge in [0.1, 0.15) is 13.2 Å². The van der Waals surface area contributed by atoms with Crippen LogP contribution in [0, 0.1) is 0 Å². The minimum Gasteiger partial charge on any atom is -0.462 e. The van der Waals surface area contributed by atoms with E-state index in [4.69, 9.17) is 14.2 Å². The smallest absolute Gasteiger partial charge is 0.306 e. The van der Waals surface area contributed by atoms with Gasteiger partial charge in [0.2, 0.25) is 0 Å². The first-order valence-electron chi connectivity index (χ1n) is 28.1. The standard InChI is InChI=1S/C63H102O6/c1-4-7-10-13-16-19-22-25-28-31-33-35-38-41-44-47-50-53-56-62(65)68-59-60(58-67-61(64)55-52-49-46-43-40-37-34-30-27-24-21-18-15-12-9-6-3)69-63(66)57-54-51-48-45-42-39-36-32-29-26-23-20-17-14-11-8-5-2/h10,13,16-17,19-20,22,25-26,28-31,33-36,39,45,48,60H,4-9,11-12,14-15,18,21,23-24,27,32,37-38,40-44,46-47,49-59H2,1-3H3/b13-10-,19-16-,20-17-,25-22-,29-26-,31-28-,34-30-,35-33-,39-36-,48-45-. The van der Waals surface area contributed by atoms with Crippen LogP contribution in [0.5, 0.6) is 0 Å². The summed E-state index contributed by atoms with van der Waals surface area (Å²) in [6, 6.07) is 0. The molecule has 0 aliphatic rings. The lowest BCUT2D eigenvalue weighted by Crippen LogP contribution is -2.30. The van der Waals surface area contributed by atoms with Crippen molar-refractivity contribution < 1.29 is 28.6 Å². The molecule has 0 fully saturated rings. The van der Waals surface area contributed by atoms with Crippen LogP contribution in [0.4, 0.5) is 0 Å². The molecule has 0 aromatic heterocycles. The molecule has 0 aromatic carbocycles. The van der Waals surface area contributed by atoms with E-state index >= 15 is 0 Å². The van der Waals surface area contributed by atoms with Crippen LogP contribution < -0.4 is 0 Å². The first-order chi connectivity index (χ1) is 34.0. The van der Waals surface area contributed by atoms with E-state index in [0.29, 0.717) is 19.3 Å². The van der Waals surface area contributed by atoms with Crippen LogP contribution in [0.3, 0.4) is 0 Å². The third-order valence-electron chi connectivity index (χ3n) is 11.5. The second-order valence-corrected chi connectivity index (χ2v) is 18.3. The quantitative estimate of drug-likeness (QED) is 0.0199. The zero-order valence-electron chi connectivity index (χ0n) is 44.5. The van der Waals surface area contributed by atoms with Gasteiger partial charge in [0.25, 0.3) is 0 Å². The summed E-state index contributed by atoms with van der Waals surface area (Å²) in [5.41, 5.74) is 0. The second-order valence-electron chi connectivity index (χ2n) is 18.3. The summed E-state index contributed by atoms with van der Waals surface area (Å²) in [5.74, 6) is -1.01. The van der Waals surface area contributed by atoms with Gasteiger partial charge in [0, 0.05) is 19.3 Å². The molecule has 0 rings (SSSR count). The normalized spacial score (nSPS) is 13.0. The van der Waals surface area contributed by atoms with E-state index in [0.717, 1.165) is 103 Å². The van der Waals surface area contributed by atoms with E-state index in [1.807, 2.05) is 24.3 Å². The third-order valence-corrected chi connectivity index (χ3v) is 11.5. The average molecular weight is 956 g/mol. The number of unbranched alkanes of at least 4 members (excludes halogenated alkanes) is 22. The number of ether oxygens (including phenoxy) is 3. The van der Waals surface area contributed by atoms with Crippen molar-refractivity contribution in [1.29, 1.82) is 0 Å². The van der Waals surface area contributed by atoms with Gasteiger partial charge in [0.15, 0.2) is 6.10 Å². The number of carbonyl (C=O) groups excluding carboxylic acids is 3. The first-order valence-corrected chi connectivity index (χ1v) is 28.1. The highest BCUT2D eigenvalue weighted by Gasteiger charge is 2.19. The Kier molecular flexibility index (Phi) is 53.0. The number of allylic oxidation sites excluding steroid dienone is 20. The van der Waals surface area contributed by atoms with Crippen molar-refractivity contribution in [2.75, 3.05) is 13.2 Å². The molecule has 1 atom stereocenters. The summed E-state index contributed by atoms with van der Waals surface area (Å²) in [7, 11) is 0. The largest absolute Gasteiger partial charge is 0.462 e. The van der Waals surface area contributed by atoms with Gasteiger partial charge in [-0.15, -0.1) is 0 Å². The summed E-state index contributed by atoms with van der Waals surface area (Å²) in [6.45, 7) is 6.44. The van der Waals surface area contributed by atoms with Crippen molar-refractivity contribution in [2.45, 2.75) is 245 Å². The van der Waals surface area contributed by atoms with E-state index in [-0.39, 0.29) is 37.5 Å². The van der Waals surface area contributed by atoms with Crippen molar-refractivity contribution in [3.63, 3.8) is 0 Å². The summed E-state index contributed by atoms with van der Waals surface area (Å²) < 4.78 is 16.8. The van der Waals surface area contributed by atoms with Gasteiger partial charge in [-0.05, 0) is 103 Å². The highest BCUT2D eigenvalue weighted by Crippen LogP contribution is 2.13. The highest BCUT2D eigenvalue weighted by molar-refractivity contribution is 5.71. The maximum Gasteiger partial charge on any atom is 0.306 e. The number of rotatable bonds is 49. The Morgan fingerprint density at radius 3 is 1.09 bits per heavy atom. The molecule has 390 valence electrons. The first kappa shape index (κ1) is 64.8. The molecule has 0 heterocycles. The molecule has 6 nitrogen and oxygen atoms in total. The Balaban J connectivity index is 4.56. The fourth-order valence-electron chi connectivity index (χ4n) is 7.28. The molecule has 69 heavy (non-hydrogen) atoms. The molecular weight excluding hydrogens is 853 g/mol. The molecule has 0 amide bonds. The van der Waals surface area contributed by atoms with Crippen molar-refractivity contribution >= 4 is 17.9 Å². The fraction of sp³-hybridized carbons (Fsp3) is 0.635. The highest BCUT2D eigenvalue weighted by atomic mass is 16.6. The van der Waals surface area contributed by atoms with Gasteiger partial charge < -0.3 is 14.2 Å². The Morgan fingerprint density at radius 2 is 0.623 bits per heavy atom. The van der Waals surface area contributed by atoms with Gasteiger partial charge in [-0.1, -0.05) is 239 Å². The van der Waals surface area contributed by atoms with Gasteiger partial charge in [-0.2, -0.15) is 0 Å². The molecular formula is C63H102O6. The zero-order valence-corrected chi connectivity index (χ0v) is 44.5. The van der Waals surface area contributed by atoms with Gasteiger partial charge in [0.05, 0.1) is 0 Å². The molecule has 6 heteroatoms. The lowest BCUT2D eigenvalue weighted by atomic mass is 10.1. The predicted octanol–water partition coefficient (Wildman–Crippen LogP) is 18.9. The van der Waals surface area contributed by atoms with E-state index in [9.17, 15) is 14.4 Å². The monoisotopic (exact) mass is 955 g/mol. The minimum absolute atomic E-state index is 0.116. The van der Waals surface area contributed by atoms with Crippen LogP contribution in [0.15, 0.2) is 122 Å². The Morgan fingerprint density at radius 1 is 0.304 bits per heavy atom. The maximum absolute atomic E-state index is 12.8. The van der Waals surface area contributed by atoms with Crippen LogP contribution in [0.25, 0.3) is 0 Å². The zero-order chi connectivity index (χ0) is 50.0. The number of hydrogen-bond donors (Lipinski definition) is 0. The maximum atomic E-state index is 12.8. The van der Waals surface area contributed by atoms with Crippen LogP contribution in [0.2, 0.25) is 0 Å². The third kappa shape index (κ3) is 54.6. The number of esters is 3. The van der Waals surface area contributed by atoms with E-state index in [1.54, 1.807) is 0 Å². The van der Waals surface area contributed by atoms with Crippen molar-refractivity contribution in [3.8, 4) is 0 Å². The van der Waals surface area contributed by atoms with Gasteiger partial charge >= 0.3 is 17.9 Å². The van der Waals surface area contributed by atoms with Crippen molar-refractivity contribution in [1.82, 2.24) is 0 Å². The molecule has 0 aliphatic heterocycles. The van der Waals surface area contributed by atoms with Gasteiger partial charge in [-0.25, -0.2) is 0 Å². The predicted molar refractivity (Wildman–Crippen MR) is 297 cm³/mol. The SMILES string of the molecule is CCC\C=C/C=C\C=C/C=C\C=C/CCCCCCCC(=O)OCC(COC(=O)CCCCCCC/C=C\CCCCCCCCC)OC(=O)CCC/C=C\C/C=C\C/C=C\C/C=C\CCCCC. The van der Waals surface area contributed by atoms with E-state index < -0.39 is 6.10 Å². The molecule has 0 spiro atoms. The van der Waals surface area contributed by atoms with E-state index in [1.165, 1.54) is 89.9 Å². The van der Waals surface area contributed by atoms with Crippen LogP contribution >= 0.6 is 0 Å². The molecule has 0 N–H and O–H groups in total.